The third kappa shape index (κ3) is 5.57. The summed E-state index contributed by atoms with van der Waals surface area (Å²) in [5.74, 6) is 2.29. The van der Waals surface area contributed by atoms with Crippen LogP contribution in [0.1, 0.15) is 0 Å². The zero-order valence-corrected chi connectivity index (χ0v) is 6.04. The van der Waals surface area contributed by atoms with Gasteiger partial charge in [0.05, 0.1) is 13.2 Å². The van der Waals surface area contributed by atoms with Crippen molar-refractivity contribution < 1.29 is 14.6 Å². The summed E-state index contributed by atoms with van der Waals surface area (Å²) in [6, 6.07) is 0. The normalized spacial score (nSPS) is 12.5. The van der Waals surface area contributed by atoms with Crippen LogP contribution in [-0.2, 0) is 9.47 Å². The molecule has 0 aliphatic carbocycles. The number of aliphatic hydroxyl groups is 1. The fourth-order valence-electron chi connectivity index (χ4n) is 0.494. The molecule has 10 heavy (non-hydrogen) atoms. The van der Waals surface area contributed by atoms with Crippen LogP contribution >= 0.6 is 0 Å². The van der Waals surface area contributed by atoms with Crippen LogP contribution in [-0.4, -0.2) is 38.1 Å². The van der Waals surface area contributed by atoms with Crippen molar-refractivity contribution in [3.8, 4) is 12.3 Å². The lowest BCUT2D eigenvalue weighted by molar-refractivity contribution is 0.00236. The molecule has 0 saturated carbocycles. The Morgan fingerprint density at radius 1 is 1.60 bits per heavy atom. The Labute approximate surface area is 60.9 Å². The van der Waals surface area contributed by atoms with Crippen LogP contribution in [0.2, 0.25) is 0 Å². The number of ether oxygens (including phenoxy) is 2. The second kappa shape index (κ2) is 6.56. The van der Waals surface area contributed by atoms with Crippen molar-refractivity contribution in [1.29, 1.82) is 0 Å². The first-order valence-corrected chi connectivity index (χ1v) is 2.99. The molecule has 0 aromatic rings. The molecule has 3 nitrogen and oxygen atoms in total. The second-order valence-electron chi connectivity index (χ2n) is 1.83. The summed E-state index contributed by atoms with van der Waals surface area (Å²) in [5, 5.41) is 8.96. The van der Waals surface area contributed by atoms with E-state index in [0.717, 1.165) is 0 Å². The van der Waals surface area contributed by atoms with Crippen LogP contribution in [0, 0.1) is 12.3 Å². The van der Waals surface area contributed by atoms with Crippen molar-refractivity contribution in [3.63, 3.8) is 0 Å². The highest BCUT2D eigenvalue weighted by molar-refractivity contribution is 4.82. The number of rotatable bonds is 5. The number of hydrogen-bond acceptors (Lipinski definition) is 3. The van der Waals surface area contributed by atoms with Crippen molar-refractivity contribution in [2.24, 2.45) is 0 Å². The predicted molar refractivity (Wildman–Crippen MR) is 37.5 cm³/mol. The molecule has 0 amide bonds. The van der Waals surface area contributed by atoms with E-state index >= 15 is 0 Å². The van der Waals surface area contributed by atoms with Gasteiger partial charge in [0, 0.05) is 7.11 Å². The number of aliphatic hydroxyl groups excluding tert-OH is 1. The topological polar surface area (TPSA) is 38.7 Å². The van der Waals surface area contributed by atoms with Crippen LogP contribution in [0.5, 0.6) is 0 Å². The van der Waals surface area contributed by atoms with Crippen molar-refractivity contribution in [1.82, 2.24) is 0 Å². The molecule has 1 N–H and O–H groups in total. The summed E-state index contributed by atoms with van der Waals surface area (Å²) in [6.07, 6.45) is 4.33. The van der Waals surface area contributed by atoms with Crippen LogP contribution in [0.3, 0.4) is 0 Å². The summed E-state index contributed by atoms with van der Waals surface area (Å²) >= 11 is 0. The summed E-state index contributed by atoms with van der Waals surface area (Å²) < 4.78 is 9.48. The van der Waals surface area contributed by atoms with Crippen LogP contribution in [0.4, 0.5) is 0 Å². The third-order valence-corrected chi connectivity index (χ3v) is 0.855. The Morgan fingerprint density at radius 3 is 2.80 bits per heavy atom. The van der Waals surface area contributed by atoms with Gasteiger partial charge in [0.2, 0.25) is 0 Å². The number of terminal acetylenes is 1. The van der Waals surface area contributed by atoms with Gasteiger partial charge in [-0.05, 0) is 0 Å². The summed E-state index contributed by atoms with van der Waals surface area (Å²) in [5.41, 5.74) is 0. The lowest BCUT2D eigenvalue weighted by Crippen LogP contribution is -2.20. The molecule has 1 atom stereocenters. The Balaban J connectivity index is 3.06. The molecule has 0 aliphatic heterocycles. The predicted octanol–water partition coefficient (Wildman–Crippen LogP) is -0.357. The van der Waals surface area contributed by atoms with Gasteiger partial charge in [-0.3, -0.25) is 0 Å². The lowest BCUT2D eigenvalue weighted by atomic mass is 10.4. The molecule has 0 saturated heterocycles. The molecule has 0 spiro atoms. The van der Waals surface area contributed by atoms with E-state index in [1.807, 2.05) is 0 Å². The third-order valence-electron chi connectivity index (χ3n) is 0.855. The highest BCUT2D eigenvalue weighted by Gasteiger charge is 2.00. The van der Waals surface area contributed by atoms with Crippen molar-refractivity contribution in [2.45, 2.75) is 6.10 Å². The van der Waals surface area contributed by atoms with E-state index in [1.165, 1.54) is 7.11 Å². The summed E-state index contributed by atoms with van der Waals surface area (Å²) in [7, 11) is 1.52. The van der Waals surface area contributed by atoms with Crippen molar-refractivity contribution in [3.05, 3.63) is 0 Å². The van der Waals surface area contributed by atoms with Gasteiger partial charge >= 0.3 is 0 Å². The maximum Gasteiger partial charge on any atom is 0.107 e. The molecule has 0 radical (unpaired) electrons. The quantitative estimate of drug-likeness (QED) is 0.423. The van der Waals surface area contributed by atoms with E-state index in [0.29, 0.717) is 0 Å². The van der Waals surface area contributed by atoms with E-state index in [4.69, 9.17) is 16.3 Å². The Kier molecular flexibility index (Phi) is 6.19. The second-order valence-corrected chi connectivity index (χ2v) is 1.83. The standard InChI is InChI=1S/C7H12O3/c1-3-4-10-6-7(8)5-9-2/h1,7-8H,4-6H2,2H3/t7-/m1/s1. The SMILES string of the molecule is C#CCOC[C@H](O)COC. The first kappa shape index (κ1) is 9.44. The van der Waals surface area contributed by atoms with E-state index in [1.54, 1.807) is 0 Å². The maximum absolute atomic E-state index is 8.96. The highest BCUT2D eigenvalue weighted by Crippen LogP contribution is 1.84. The molecule has 3 heteroatoms. The molecular formula is C7H12O3. The Morgan fingerprint density at radius 2 is 2.30 bits per heavy atom. The van der Waals surface area contributed by atoms with Gasteiger partial charge in [-0.2, -0.15) is 0 Å². The monoisotopic (exact) mass is 144 g/mol. The lowest BCUT2D eigenvalue weighted by Gasteiger charge is -2.07. The van der Waals surface area contributed by atoms with E-state index in [-0.39, 0.29) is 19.8 Å². The van der Waals surface area contributed by atoms with Crippen molar-refractivity contribution >= 4 is 0 Å². The summed E-state index contributed by atoms with van der Waals surface area (Å²) in [6.45, 7) is 0.753. The van der Waals surface area contributed by atoms with Gasteiger partial charge in [-0.25, -0.2) is 0 Å². The molecule has 0 bridgehead atoms. The average Bonchev–Trinajstić information content (AvgIpc) is 1.89. The average molecular weight is 144 g/mol. The molecule has 0 fully saturated rings. The van der Waals surface area contributed by atoms with E-state index < -0.39 is 6.10 Å². The fourth-order valence-corrected chi connectivity index (χ4v) is 0.494. The molecule has 0 aromatic heterocycles. The molecule has 0 aromatic carbocycles. The van der Waals surface area contributed by atoms with Gasteiger partial charge < -0.3 is 14.6 Å². The minimum atomic E-state index is -0.571. The maximum atomic E-state index is 8.96. The highest BCUT2D eigenvalue weighted by atomic mass is 16.5. The molecule has 0 heterocycles. The largest absolute Gasteiger partial charge is 0.388 e. The van der Waals surface area contributed by atoms with Crippen molar-refractivity contribution in [2.75, 3.05) is 26.9 Å². The van der Waals surface area contributed by atoms with Gasteiger partial charge in [-0.1, -0.05) is 5.92 Å². The minimum absolute atomic E-state index is 0.234. The molecular weight excluding hydrogens is 132 g/mol. The number of methoxy groups -OCH3 is 1. The zero-order chi connectivity index (χ0) is 7.82. The fraction of sp³-hybridized carbons (Fsp3) is 0.714. The van der Waals surface area contributed by atoms with Gasteiger partial charge in [-0.15, -0.1) is 6.42 Å². The van der Waals surface area contributed by atoms with Crippen LogP contribution < -0.4 is 0 Å². The first-order valence-electron chi connectivity index (χ1n) is 2.99. The molecule has 0 rings (SSSR count). The number of hydrogen-bond donors (Lipinski definition) is 1. The Bertz CT molecular complexity index is 106. The van der Waals surface area contributed by atoms with E-state index in [2.05, 4.69) is 10.7 Å². The van der Waals surface area contributed by atoms with Gasteiger partial charge in [0.15, 0.2) is 0 Å². The smallest absolute Gasteiger partial charge is 0.107 e. The van der Waals surface area contributed by atoms with Crippen LogP contribution in [0.15, 0.2) is 0 Å². The Hall–Kier alpha value is -0.560. The molecule has 0 unspecified atom stereocenters. The molecule has 0 aliphatic rings. The zero-order valence-electron chi connectivity index (χ0n) is 6.04. The van der Waals surface area contributed by atoms with Gasteiger partial charge in [0.1, 0.15) is 12.7 Å². The molecule has 58 valence electrons. The van der Waals surface area contributed by atoms with E-state index in [9.17, 15) is 0 Å². The van der Waals surface area contributed by atoms with Gasteiger partial charge in [0.25, 0.3) is 0 Å². The first-order chi connectivity index (χ1) is 4.81. The van der Waals surface area contributed by atoms with Crippen LogP contribution in [0.25, 0.3) is 0 Å². The minimum Gasteiger partial charge on any atom is -0.388 e. The summed E-state index contributed by atoms with van der Waals surface area (Å²) in [4.78, 5) is 0.